The van der Waals surface area contributed by atoms with E-state index in [9.17, 15) is 0 Å². The number of rotatable bonds is 5. The molecule has 0 radical (unpaired) electrons. The molecule has 3 rings (SSSR count). The van der Waals surface area contributed by atoms with Crippen molar-refractivity contribution in [1.29, 1.82) is 0 Å². The van der Waals surface area contributed by atoms with Gasteiger partial charge in [0.25, 0.3) is 0 Å². The highest BCUT2D eigenvalue weighted by atomic mass is 32.1. The summed E-state index contributed by atoms with van der Waals surface area (Å²) in [5.41, 5.74) is 7.99. The number of aryl methyl sites for hydroxylation is 1. The number of nitrogens with one attached hydrogen (secondary N) is 1. The van der Waals surface area contributed by atoms with Crippen LogP contribution in [0.3, 0.4) is 0 Å². The van der Waals surface area contributed by atoms with E-state index in [4.69, 9.17) is 5.73 Å². The van der Waals surface area contributed by atoms with Crippen molar-refractivity contribution >= 4 is 38.0 Å². The Labute approximate surface area is 126 Å². The zero-order chi connectivity index (χ0) is 13.9. The third-order valence-electron chi connectivity index (χ3n) is 3.16. The van der Waals surface area contributed by atoms with Gasteiger partial charge in [-0.3, -0.25) is 0 Å². The summed E-state index contributed by atoms with van der Waals surface area (Å²) >= 11 is 3.43. The van der Waals surface area contributed by atoms with Crippen LogP contribution in [-0.2, 0) is 19.5 Å². The van der Waals surface area contributed by atoms with Crippen LogP contribution in [0, 0.1) is 0 Å². The quantitative estimate of drug-likeness (QED) is 0.754. The van der Waals surface area contributed by atoms with E-state index in [2.05, 4.69) is 41.5 Å². The van der Waals surface area contributed by atoms with Crippen molar-refractivity contribution in [3.8, 4) is 0 Å². The van der Waals surface area contributed by atoms with Crippen molar-refractivity contribution in [2.24, 2.45) is 0 Å². The molecule has 2 heterocycles. The zero-order valence-corrected chi connectivity index (χ0v) is 13.0. The Morgan fingerprint density at radius 1 is 1.10 bits per heavy atom. The van der Waals surface area contributed by atoms with Crippen molar-refractivity contribution < 1.29 is 0 Å². The molecular weight excluding hydrogens is 286 g/mol. The summed E-state index contributed by atoms with van der Waals surface area (Å²) in [7, 11) is 0. The molecule has 3 aromatic rings. The molecule has 3 nitrogen and oxygen atoms in total. The van der Waals surface area contributed by atoms with E-state index in [0.717, 1.165) is 29.7 Å². The molecule has 0 aliphatic rings. The Kier molecular flexibility index (Phi) is 4.00. The molecular formula is C15H17N3S2. The monoisotopic (exact) mass is 303 g/mol. The summed E-state index contributed by atoms with van der Waals surface area (Å²) < 4.78 is 1.16. The lowest BCUT2D eigenvalue weighted by molar-refractivity contribution is 0.701. The van der Waals surface area contributed by atoms with Gasteiger partial charge in [-0.1, -0.05) is 24.3 Å². The SMILES string of the molecule is CCc1ccc(CNCc2ccc3nc(N)sc3c2)s1. The molecule has 3 N–H and O–H groups in total. The standard InChI is InChI=1S/C15H17N3S2/c1-2-11-4-5-12(19-11)9-17-8-10-3-6-13-14(7-10)20-15(16)18-13/h3-7,17H,2,8-9H2,1H3,(H2,16,18). The van der Waals surface area contributed by atoms with Gasteiger partial charge in [-0.25, -0.2) is 4.98 Å². The Morgan fingerprint density at radius 3 is 2.75 bits per heavy atom. The lowest BCUT2D eigenvalue weighted by Gasteiger charge is -2.03. The highest BCUT2D eigenvalue weighted by Crippen LogP contribution is 2.24. The Balaban J connectivity index is 1.61. The summed E-state index contributed by atoms with van der Waals surface area (Å²) in [6.07, 6.45) is 1.12. The predicted molar refractivity (Wildman–Crippen MR) is 88.3 cm³/mol. The summed E-state index contributed by atoms with van der Waals surface area (Å²) in [5, 5.41) is 4.13. The summed E-state index contributed by atoms with van der Waals surface area (Å²) in [6, 6.07) is 10.7. The first-order chi connectivity index (χ1) is 9.74. The molecule has 0 bridgehead atoms. The van der Waals surface area contributed by atoms with Crippen LogP contribution in [0.4, 0.5) is 5.13 Å². The van der Waals surface area contributed by atoms with Crippen molar-refractivity contribution in [2.75, 3.05) is 5.73 Å². The lowest BCUT2D eigenvalue weighted by atomic mass is 10.2. The second-order valence-corrected chi connectivity index (χ2v) is 6.99. The fourth-order valence-corrected chi connectivity index (χ4v) is 3.86. The minimum atomic E-state index is 0.635. The van der Waals surface area contributed by atoms with Gasteiger partial charge in [-0.15, -0.1) is 11.3 Å². The second kappa shape index (κ2) is 5.91. The van der Waals surface area contributed by atoms with Crippen molar-refractivity contribution in [3.63, 3.8) is 0 Å². The van der Waals surface area contributed by atoms with Crippen LogP contribution in [0.5, 0.6) is 0 Å². The number of hydrogen-bond acceptors (Lipinski definition) is 5. The number of fused-ring (bicyclic) bond motifs is 1. The van der Waals surface area contributed by atoms with Gasteiger partial charge in [0.05, 0.1) is 10.2 Å². The smallest absolute Gasteiger partial charge is 0.181 e. The Hall–Kier alpha value is -1.43. The highest BCUT2D eigenvalue weighted by molar-refractivity contribution is 7.22. The van der Waals surface area contributed by atoms with Crippen LogP contribution in [0.15, 0.2) is 30.3 Å². The molecule has 0 aliphatic heterocycles. The zero-order valence-electron chi connectivity index (χ0n) is 11.3. The summed E-state index contributed by atoms with van der Waals surface area (Å²) in [6.45, 7) is 3.99. The van der Waals surface area contributed by atoms with E-state index in [0.29, 0.717) is 5.13 Å². The van der Waals surface area contributed by atoms with Crippen LogP contribution >= 0.6 is 22.7 Å². The third kappa shape index (κ3) is 3.00. The molecule has 0 fully saturated rings. The van der Waals surface area contributed by atoms with E-state index < -0.39 is 0 Å². The Bertz CT molecular complexity index is 715. The highest BCUT2D eigenvalue weighted by Gasteiger charge is 2.03. The first-order valence-electron chi connectivity index (χ1n) is 6.68. The first kappa shape index (κ1) is 13.5. The average molecular weight is 303 g/mol. The number of thiophene rings is 1. The number of nitrogens with two attached hydrogens (primary N) is 1. The molecule has 1 aromatic carbocycles. The van der Waals surface area contributed by atoms with Gasteiger partial charge in [0, 0.05) is 22.8 Å². The fourth-order valence-electron chi connectivity index (χ4n) is 2.13. The molecule has 20 heavy (non-hydrogen) atoms. The predicted octanol–water partition coefficient (Wildman–Crippen LogP) is 3.79. The number of aromatic nitrogens is 1. The molecule has 0 saturated heterocycles. The maximum absolute atomic E-state index is 5.73. The molecule has 2 aromatic heterocycles. The molecule has 5 heteroatoms. The Morgan fingerprint density at radius 2 is 1.95 bits per heavy atom. The third-order valence-corrected chi connectivity index (χ3v) is 5.24. The number of nitrogen functional groups attached to an aromatic ring is 1. The van der Waals surface area contributed by atoms with Gasteiger partial charge in [-0.05, 0) is 36.2 Å². The van der Waals surface area contributed by atoms with Crippen LogP contribution in [-0.4, -0.2) is 4.98 Å². The molecule has 0 atom stereocenters. The van der Waals surface area contributed by atoms with Gasteiger partial charge in [0.2, 0.25) is 0 Å². The van der Waals surface area contributed by atoms with Gasteiger partial charge in [-0.2, -0.15) is 0 Å². The van der Waals surface area contributed by atoms with Crippen LogP contribution in [0.1, 0.15) is 22.2 Å². The van der Waals surface area contributed by atoms with E-state index in [-0.39, 0.29) is 0 Å². The molecule has 0 aliphatic carbocycles. The molecule has 0 saturated carbocycles. The second-order valence-electron chi connectivity index (χ2n) is 4.68. The molecule has 0 unspecified atom stereocenters. The summed E-state index contributed by atoms with van der Waals surface area (Å²) in [5.74, 6) is 0. The van der Waals surface area contributed by atoms with Crippen LogP contribution in [0.25, 0.3) is 10.2 Å². The average Bonchev–Trinajstić information content (AvgIpc) is 3.03. The van der Waals surface area contributed by atoms with Gasteiger partial charge in [0.15, 0.2) is 5.13 Å². The number of nitrogens with zero attached hydrogens (tertiary/aromatic N) is 1. The number of benzene rings is 1. The lowest BCUT2D eigenvalue weighted by Crippen LogP contribution is -2.11. The fraction of sp³-hybridized carbons (Fsp3) is 0.267. The van der Waals surface area contributed by atoms with Gasteiger partial charge in [0.1, 0.15) is 0 Å². The van der Waals surface area contributed by atoms with Crippen molar-refractivity contribution in [3.05, 3.63) is 45.6 Å². The molecule has 0 spiro atoms. The normalized spacial score (nSPS) is 11.2. The van der Waals surface area contributed by atoms with Gasteiger partial charge >= 0.3 is 0 Å². The molecule has 0 amide bonds. The van der Waals surface area contributed by atoms with Crippen LogP contribution < -0.4 is 11.1 Å². The largest absolute Gasteiger partial charge is 0.375 e. The van der Waals surface area contributed by atoms with E-state index in [1.165, 1.54) is 15.3 Å². The number of thiazole rings is 1. The molecule has 104 valence electrons. The van der Waals surface area contributed by atoms with Crippen molar-refractivity contribution in [2.45, 2.75) is 26.4 Å². The maximum Gasteiger partial charge on any atom is 0.181 e. The van der Waals surface area contributed by atoms with E-state index >= 15 is 0 Å². The van der Waals surface area contributed by atoms with Gasteiger partial charge < -0.3 is 11.1 Å². The topological polar surface area (TPSA) is 50.9 Å². The maximum atomic E-state index is 5.73. The summed E-state index contributed by atoms with van der Waals surface area (Å²) in [4.78, 5) is 7.11. The van der Waals surface area contributed by atoms with E-state index in [1.807, 2.05) is 17.4 Å². The first-order valence-corrected chi connectivity index (χ1v) is 8.31. The van der Waals surface area contributed by atoms with Crippen molar-refractivity contribution in [1.82, 2.24) is 10.3 Å². The number of anilines is 1. The number of hydrogen-bond donors (Lipinski definition) is 2. The van der Waals surface area contributed by atoms with E-state index in [1.54, 1.807) is 11.3 Å². The minimum absolute atomic E-state index is 0.635. The van der Waals surface area contributed by atoms with Crippen LogP contribution in [0.2, 0.25) is 0 Å². The minimum Gasteiger partial charge on any atom is -0.375 e.